The molecule has 1 heterocycles. The van der Waals surface area contributed by atoms with Gasteiger partial charge in [-0.1, -0.05) is 25.4 Å². The Balaban J connectivity index is 3.09. The number of halogens is 1. The van der Waals surface area contributed by atoms with Crippen molar-refractivity contribution in [2.24, 2.45) is 0 Å². The number of hydrogen-bond acceptors (Lipinski definition) is 2. The Morgan fingerprint density at radius 2 is 2.25 bits per heavy atom. The van der Waals surface area contributed by atoms with Gasteiger partial charge in [-0.05, 0) is 5.92 Å². The maximum atomic E-state index is 10.4. The third kappa shape index (κ3) is 1.58. The molecular formula is C7H9ClN2O2. The highest BCUT2D eigenvalue weighted by Gasteiger charge is 2.14. The molecule has 12 heavy (non-hydrogen) atoms. The minimum absolute atomic E-state index is 0.108. The number of H-pyrrole nitrogens is 1. The van der Waals surface area contributed by atoms with Crippen molar-refractivity contribution in [2.45, 2.75) is 19.8 Å². The lowest BCUT2D eigenvalue weighted by Gasteiger charge is -1.98. The molecule has 1 aromatic heterocycles. The molecule has 0 fully saturated rings. The molecule has 1 aromatic rings. The molecule has 0 amide bonds. The van der Waals surface area contributed by atoms with Crippen LogP contribution in [0.15, 0.2) is 0 Å². The van der Waals surface area contributed by atoms with E-state index < -0.39 is 5.97 Å². The number of aromatic amines is 1. The van der Waals surface area contributed by atoms with Crippen LogP contribution in [0.25, 0.3) is 0 Å². The van der Waals surface area contributed by atoms with Crippen molar-refractivity contribution in [1.82, 2.24) is 9.97 Å². The number of carbonyl (C=O) groups is 1. The lowest BCUT2D eigenvalue weighted by atomic mass is 10.2. The predicted octanol–water partition coefficient (Wildman–Crippen LogP) is 1.88. The highest BCUT2D eigenvalue weighted by molar-refractivity contribution is 6.30. The Hall–Kier alpha value is -1.03. The van der Waals surface area contributed by atoms with Gasteiger partial charge in [0.2, 0.25) is 5.82 Å². The molecular weight excluding hydrogens is 180 g/mol. The predicted molar refractivity (Wildman–Crippen MR) is 44.6 cm³/mol. The number of imidazole rings is 1. The van der Waals surface area contributed by atoms with E-state index in [1.165, 1.54) is 0 Å². The standard InChI is InChI=1S/C7H9ClN2O2/c1-3(2)4-5(8)10-6(9-4)7(11)12/h3H,1-2H3,(H,9,10)(H,11,12). The Labute approximate surface area is 74.6 Å². The number of nitrogens with zero attached hydrogens (tertiary/aromatic N) is 1. The first-order valence-corrected chi connectivity index (χ1v) is 3.89. The summed E-state index contributed by atoms with van der Waals surface area (Å²) in [5.74, 6) is -1.05. The van der Waals surface area contributed by atoms with E-state index in [-0.39, 0.29) is 16.9 Å². The summed E-state index contributed by atoms with van der Waals surface area (Å²) in [6, 6.07) is 0. The van der Waals surface area contributed by atoms with E-state index in [0.717, 1.165) is 0 Å². The Morgan fingerprint density at radius 1 is 1.67 bits per heavy atom. The van der Waals surface area contributed by atoms with Crippen molar-refractivity contribution < 1.29 is 9.90 Å². The minimum atomic E-state index is -1.09. The van der Waals surface area contributed by atoms with Gasteiger partial charge in [-0.15, -0.1) is 0 Å². The maximum Gasteiger partial charge on any atom is 0.371 e. The SMILES string of the molecule is CC(C)c1[nH]c(C(=O)O)nc1Cl. The van der Waals surface area contributed by atoms with Crippen LogP contribution in [0.4, 0.5) is 0 Å². The minimum Gasteiger partial charge on any atom is -0.475 e. The van der Waals surface area contributed by atoms with Gasteiger partial charge in [0.05, 0.1) is 5.69 Å². The third-order valence-corrected chi connectivity index (χ3v) is 1.75. The smallest absolute Gasteiger partial charge is 0.371 e. The van der Waals surface area contributed by atoms with Gasteiger partial charge in [-0.3, -0.25) is 0 Å². The zero-order valence-electron chi connectivity index (χ0n) is 6.76. The molecule has 66 valence electrons. The lowest BCUT2D eigenvalue weighted by molar-refractivity contribution is 0.0684. The molecule has 4 nitrogen and oxygen atoms in total. The monoisotopic (exact) mass is 188 g/mol. The second kappa shape index (κ2) is 3.15. The summed E-state index contributed by atoms with van der Waals surface area (Å²) in [7, 11) is 0. The molecule has 2 N–H and O–H groups in total. The topological polar surface area (TPSA) is 66.0 Å². The molecule has 0 spiro atoms. The van der Waals surface area contributed by atoms with Gasteiger partial charge in [-0.2, -0.15) is 0 Å². The molecule has 0 atom stereocenters. The molecule has 0 saturated heterocycles. The molecule has 0 aliphatic carbocycles. The third-order valence-electron chi connectivity index (χ3n) is 1.47. The first kappa shape index (κ1) is 9.06. The quantitative estimate of drug-likeness (QED) is 0.745. The maximum absolute atomic E-state index is 10.4. The van der Waals surface area contributed by atoms with Crippen LogP contribution < -0.4 is 0 Å². The Kier molecular flexibility index (Phi) is 2.38. The molecule has 0 aromatic carbocycles. The van der Waals surface area contributed by atoms with Gasteiger partial charge in [0, 0.05) is 0 Å². The molecule has 5 heteroatoms. The summed E-state index contributed by atoms with van der Waals surface area (Å²) in [5.41, 5.74) is 0.661. The summed E-state index contributed by atoms with van der Waals surface area (Å²) in [4.78, 5) is 16.7. The van der Waals surface area contributed by atoms with Crippen LogP contribution in [0.3, 0.4) is 0 Å². The van der Waals surface area contributed by atoms with Crippen molar-refractivity contribution in [3.63, 3.8) is 0 Å². The van der Waals surface area contributed by atoms with Crippen LogP contribution in [0.2, 0.25) is 5.15 Å². The fraction of sp³-hybridized carbons (Fsp3) is 0.429. The number of carboxylic acid groups (broad SMARTS) is 1. The fourth-order valence-electron chi connectivity index (χ4n) is 0.849. The van der Waals surface area contributed by atoms with E-state index in [0.29, 0.717) is 5.69 Å². The van der Waals surface area contributed by atoms with Crippen molar-refractivity contribution in [1.29, 1.82) is 0 Å². The second-order valence-electron chi connectivity index (χ2n) is 2.75. The van der Waals surface area contributed by atoms with Crippen LogP contribution in [0.5, 0.6) is 0 Å². The molecule has 0 aliphatic rings. The van der Waals surface area contributed by atoms with E-state index in [1.807, 2.05) is 13.8 Å². The number of aromatic nitrogens is 2. The first-order valence-electron chi connectivity index (χ1n) is 3.51. The average Bonchev–Trinajstić information content (AvgIpc) is 2.30. The molecule has 0 aliphatic heterocycles. The van der Waals surface area contributed by atoms with Crippen LogP contribution >= 0.6 is 11.6 Å². The zero-order valence-corrected chi connectivity index (χ0v) is 7.51. The molecule has 0 saturated carbocycles. The van der Waals surface area contributed by atoms with Gasteiger partial charge in [0.25, 0.3) is 0 Å². The summed E-state index contributed by atoms with van der Waals surface area (Å²) in [5, 5.41) is 8.79. The van der Waals surface area contributed by atoms with Crippen LogP contribution in [-0.2, 0) is 0 Å². The van der Waals surface area contributed by atoms with E-state index in [1.54, 1.807) is 0 Å². The number of aromatic carboxylic acids is 1. The second-order valence-corrected chi connectivity index (χ2v) is 3.11. The van der Waals surface area contributed by atoms with Crippen LogP contribution in [0.1, 0.15) is 36.1 Å². The lowest BCUT2D eigenvalue weighted by Crippen LogP contribution is -1.99. The average molecular weight is 189 g/mol. The van der Waals surface area contributed by atoms with Crippen LogP contribution in [0, 0.1) is 0 Å². The van der Waals surface area contributed by atoms with Crippen LogP contribution in [-0.4, -0.2) is 21.0 Å². The van der Waals surface area contributed by atoms with Crippen molar-refractivity contribution in [3.05, 3.63) is 16.7 Å². The number of nitrogens with one attached hydrogen (secondary N) is 1. The highest BCUT2D eigenvalue weighted by Crippen LogP contribution is 2.20. The van der Waals surface area contributed by atoms with E-state index >= 15 is 0 Å². The van der Waals surface area contributed by atoms with Gasteiger partial charge < -0.3 is 10.1 Å². The van der Waals surface area contributed by atoms with Crippen molar-refractivity contribution in [2.75, 3.05) is 0 Å². The highest BCUT2D eigenvalue weighted by atomic mass is 35.5. The van der Waals surface area contributed by atoms with E-state index in [2.05, 4.69) is 9.97 Å². The summed E-state index contributed by atoms with van der Waals surface area (Å²) >= 11 is 5.68. The van der Waals surface area contributed by atoms with E-state index in [9.17, 15) is 4.79 Å². The fourth-order valence-corrected chi connectivity index (χ4v) is 1.20. The van der Waals surface area contributed by atoms with Crippen molar-refractivity contribution in [3.8, 4) is 0 Å². The summed E-state index contributed by atoms with van der Waals surface area (Å²) in [6.07, 6.45) is 0. The summed E-state index contributed by atoms with van der Waals surface area (Å²) in [6.45, 7) is 3.82. The number of rotatable bonds is 2. The van der Waals surface area contributed by atoms with Crippen molar-refractivity contribution >= 4 is 17.6 Å². The Bertz CT molecular complexity index is 306. The zero-order chi connectivity index (χ0) is 9.30. The summed E-state index contributed by atoms with van der Waals surface area (Å²) < 4.78 is 0. The van der Waals surface area contributed by atoms with E-state index in [4.69, 9.17) is 16.7 Å². The number of carboxylic acids is 1. The first-order chi connectivity index (χ1) is 5.52. The molecule has 0 unspecified atom stereocenters. The normalized spacial score (nSPS) is 10.7. The number of hydrogen-bond donors (Lipinski definition) is 2. The molecule has 0 bridgehead atoms. The van der Waals surface area contributed by atoms with Gasteiger partial charge in [0.15, 0.2) is 5.15 Å². The molecule has 0 radical (unpaired) electrons. The van der Waals surface area contributed by atoms with Gasteiger partial charge in [0.1, 0.15) is 0 Å². The largest absolute Gasteiger partial charge is 0.475 e. The van der Waals surface area contributed by atoms with Gasteiger partial charge >= 0.3 is 5.97 Å². The molecule has 1 rings (SSSR count). The van der Waals surface area contributed by atoms with Gasteiger partial charge in [-0.25, -0.2) is 9.78 Å². The Morgan fingerprint density at radius 3 is 2.50 bits per heavy atom.